The van der Waals surface area contributed by atoms with Gasteiger partial charge in [0.25, 0.3) is 0 Å². The second-order valence-corrected chi connectivity index (χ2v) is 10.3. The molecule has 1 fully saturated rings. The van der Waals surface area contributed by atoms with Gasteiger partial charge in [-0.25, -0.2) is 0 Å². The van der Waals surface area contributed by atoms with Gasteiger partial charge in [0.1, 0.15) is 0 Å². The standard InChI is InChI=1S/C31H42/c1-7-30(22(2)3)31-16-15-28(20-26-13-11-23(4)12-14-26)21-29(31)19-25(6)18-27-10-8-9-24(5)17-27/h11-16,21,24,27,30H,2,6-10,17-20H2,1,3-5H3. The summed E-state index contributed by atoms with van der Waals surface area (Å²) < 4.78 is 0. The van der Waals surface area contributed by atoms with Crippen LogP contribution < -0.4 is 0 Å². The third-order valence-electron chi connectivity index (χ3n) is 7.18. The van der Waals surface area contributed by atoms with Gasteiger partial charge in [0.15, 0.2) is 0 Å². The highest BCUT2D eigenvalue weighted by Gasteiger charge is 2.21. The van der Waals surface area contributed by atoms with Crippen LogP contribution in [0.1, 0.15) is 93.0 Å². The minimum atomic E-state index is 0.436. The van der Waals surface area contributed by atoms with E-state index in [4.69, 9.17) is 0 Å². The first-order valence-electron chi connectivity index (χ1n) is 12.3. The normalized spacial score (nSPS) is 19.7. The Morgan fingerprint density at radius 3 is 2.39 bits per heavy atom. The van der Waals surface area contributed by atoms with Crippen LogP contribution in [-0.4, -0.2) is 0 Å². The summed E-state index contributed by atoms with van der Waals surface area (Å²) in [6.45, 7) is 17.9. The third-order valence-corrected chi connectivity index (χ3v) is 7.18. The molecule has 0 N–H and O–H groups in total. The molecule has 0 heterocycles. The van der Waals surface area contributed by atoms with E-state index >= 15 is 0 Å². The van der Waals surface area contributed by atoms with Crippen molar-refractivity contribution < 1.29 is 0 Å². The molecule has 0 nitrogen and oxygen atoms in total. The fraction of sp³-hybridized carbons (Fsp3) is 0.484. The van der Waals surface area contributed by atoms with Gasteiger partial charge in [-0.15, -0.1) is 0 Å². The summed E-state index contributed by atoms with van der Waals surface area (Å²) in [5.74, 6) is 2.15. The summed E-state index contributed by atoms with van der Waals surface area (Å²) in [5.41, 5.74) is 9.70. The van der Waals surface area contributed by atoms with Crippen molar-refractivity contribution in [3.05, 3.63) is 94.6 Å². The lowest BCUT2D eigenvalue weighted by Gasteiger charge is -2.28. The molecule has 0 saturated heterocycles. The van der Waals surface area contributed by atoms with Crippen molar-refractivity contribution in [3.8, 4) is 0 Å². The third kappa shape index (κ3) is 6.70. The molecule has 2 aromatic rings. The summed E-state index contributed by atoms with van der Waals surface area (Å²) in [5, 5.41) is 0. The van der Waals surface area contributed by atoms with E-state index in [1.54, 1.807) is 0 Å². The molecule has 3 rings (SSSR count). The molecule has 3 atom stereocenters. The summed E-state index contributed by atoms with van der Waals surface area (Å²) in [4.78, 5) is 0. The molecule has 0 spiro atoms. The Morgan fingerprint density at radius 2 is 1.74 bits per heavy atom. The van der Waals surface area contributed by atoms with Crippen molar-refractivity contribution in [2.45, 2.75) is 85.0 Å². The van der Waals surface area contributed by atoms with Gasteiger partial charge in [-0.1, -0.05) is 105 Å². The lowest BCUT2D eigenvalue weighted by Crippen LogP contribution is -2.14. The lowest BCUT2D eigenvalue weighted by molar-refractivity contribution is 0.280. The van der Waals surface area contributed by atoms with Gasteiger partial charge >= 0.3 is 0 Å². The number of allylic oxidation sites excluding steroid dienone is 2. The largest absolute Gasteiger partial charge is 0.0995 e. The van der Waals surface area contributed by atoms with Crippen LogP contribution in [0.3, 0.4) is 0 Å². The van der Waals surface area contributed by atoms with E-state index in [2.05, 4.69) is 83.3 Å². The fourth-order valence-electron chi connectivity index (χ4n) is 5.53. The van der Waals surface area contributed by atoms with Gasteiger partial charge in [0, 0.05) is 5.92 Å². The topological polar surface area (TPSA) is 0 Å². The maximum absolute atomic E-state index is 4.54. The molecule has 31 heavy (non-hydrogen) atoms. The van der Waals surface area contributed by atoms with Crippen molar-refractivity contribution in [2.24, 2.45) is 11.8 Å². The van der Waals surface area contributed by atoms with E-state index in [0.717, 1.165) is 31.1 Å². The van der Waals surface area contributed by atoms with Crippen LogP contribution in [0.15, 0.2) is 66.8 Å². The van der Waals surface area contributed by atoms with E-state index in [1.165, 1.54) is 71.1 Å². The Morgan fingerprint density at radius 1 is 1.03 bits per heavy atom. The zero-order chi connectivity index (χ0) is 22.4. The Hall–Kier alpha value is -2.08. The minimum Gasteiger partial charge on any atom is -0.0995 e. The zero-order valence-electron chi connectivity index (χ0n) is 20.3. The smallest absolute Gasteiger partial charge is 0.00429 e. The number of aryl methyl sites for hydroxylation is 1. The first-order chi connectivity index (χ1) is 14.9. The van der Waals surface area contributed by atoms with Gasteiger partial charge in [-0.2, -0.15) is 0 Å². The molecule has 1 aliphatic rings. The molecule has 166 valence electrons. The molecular formula is C31H42. The Labute approximate surface area is 191 Å². The SMILES string of the molecule is C=C(Cc1cc(Cc2ccc(C)cc2)ccc1C(CC)C(=C)C)CC1CCCC(C)C1. The molecule has 0 aliphatic heterocycles. The van der Waals surface area contributed by atoms with Crippen molar-refractivity contribution in [3.63, 3.8) is 0 Å². The number of hydrogen-bond donors (Lipinski definition) is 0. The summed E-state index contributed by atoms with van der Waals surface area (Å²) in [7, 11) is 0. The van der Waals surface area contributed by atoms with E-state index < -0.39 is 0 Å². The van der Waals surface area contributed by atoms with Crippen LogP contribution in [0.4, 0.5) is 0 Å². The van der Waals surface area contributed by atoms with Crippen LogP contribution in [0.5, 0.6) is 0 Å². The molecule has 0 heteroatoms. The molecule has 1 saturated carbocycles. The van der Waals surface area contributed by atoms with E-state index in [1.807, 2.05) is 0 Å². The average Bonchev–Trinajstić information content (AvgIpc) is 2.71. The lowest BCUT2D eigenvalue weighted by atomic mass is 9.78. The van der Waals surface area contributed by atoms with Crippen LogP contribution in [0.25, 0.3) is 0 Å². The van der Waals surface area contributed by atoms with Crippen molar-refractivity contribution in [1.29, 1.82) is 0 Å². The minimum absolute atomic E-state index is 0.436. The first-order valence-corrected chi connectivity index (χ1v) is 12.3. The van der Waals surface area contributed by atoms with Crippen molar-refractivity contribution in [2.75, 3.05) is 0 Å². The van der Waals surface area contributed by atoms with E-state index in [9.17, 15) is 0 Å². The average molecular weight is 415 g/mol. The Balaban J connectivity index is 1.81. The van der Waals surface area contributed by atoms with Gasteiger partial charge in [0.2, 0.25) is 0 Å². The second kappa shape index (κ2) is 11.0. The predicted molar refractivity (Wildman–Crippen MR) is 137 cm³/mol. The first kappa shape index (κ1) is 23.6. The maximum Gasteiger partial charge on any atom is 0.00429 e. The number of hydrogen-bond acceptors (Lipinski definition) is 0. The van der Waals surface area contributed by atoms with Crippen LogP contribution in [-0.2, 0) is 12.8 Å². The molecule has 3 unspecified atom stereocenters. The highest BCUT2D eigenvalue weighted by Crippen LogP contribution is 2.35. The summed E-state index contributed by atoms with van der Waals surface area (Å²) in [6, 6.07) is 16.1. The fourth-order valence-corrected chi connectivity index (χ4v) is 5.53. The quantitative estimate of drug-likeness (QED) is 0.359. The second-order valence-electron chi connectivity index (χ2n) is 10.3. The summed E-state index contributed by atoms with van der Waals surface area (Å²) >= 11 is 0. The molecule has 0 aromatic heterocycles. The molecule has 0 bridgehead atoms. The molecule has 2 aromatic carbocycles. The molecule has 1 aliphatic carbocycles. The zero-order valence-corrected chi connectivity index (χ0v) is 20.3. The summed E-state index contributed by atoms with van der Waals surface area (Å²) in [6.07, 6.45) is 9.85. The van der Waals surface area contributed by atoms with E-state index in [0.29, 0.717) is 5.92 Å². The molecular weight excluding hydrogens is 372 g/mol. The van der Waals surface area contributed by atoms with Gasteiger partial charge in [-0.05, 0) is 80.0 Å². The Bertz CT molecular complexity index is 883. The number of rotatable bonds is 9. The number of benzene rings is 2. The van der Waals surface area contributed by atoms with Gasteiger partial charge in [0.05, 0.1) is 0 Å². The highest BCUT2D eigenvalue weighted by molar-refractivity contribution is 5.41. The molecule has 0 radical (unpaired) electrons. The predicted octanol–water partition coefficient (Wildman–Crippen LogP) is 8.97. The monoisotopic (exact) mass is 414 g/mol. The molecule has 0 amide bonds. The Kier molecular flexibility index (Phi) is 8.35. The van der Waals surface area contributed by atoms with E-state index in [-0.39, 0.29) is 0 Å². The van der Waals surface area contributed by atoms with Crippen LogP contribution >= 0.6 is 0 Å². The van der Waals surface area contributed by atoms with Gasteiger partial charge < -0.3 is 0 Å². The van der Waals surface area contributed by atoms with Crippen LogP contribution in [0.2, 0.25) is 0 Å². The maximum atomic E-state index is 4.54. The van der Waals surface area contributed by atoms with Gasteiger partial charge in [-0.3, -0.25) is 0 Å². The van der Waals surface area contributed by atoms with Crippen molar-refractivity contribution in [1.82, 2.24) is 0 Å². The highest BCUT2D eigenvalue weighted by atomic mass is 14.3. The van der Waals surface area contributed by atoms with Crippen molar-refractivity contribution >= 4 is 0 Å². The van der Waals surface area contributed by atoms with Crippen LogP contribution in [0, 0.1) is 18.8 Å².